The molecule has 2 aromatic rings. The Morgan fingerprint density at radius 2 is 1.85 bits per heavy atom. The molecular formula is C15H20FN7O3. The third kappa shape index (κ3) is 4.65. The van der Waals surface area contributed by atoms with Crippen molar-refractivity contribution in [1.29, 1.82) is 0 Å². The fourth-order valence-corrected chi connectivity index (χ4v) is 2.51. The van der Waals surface area contributed by atoms with E-state index in [1.54, 1.807) is 0 Å². The molecule has 0 spiro atoms. The maximum Gasteiger partial charge on any atom is 0.290 e. The standard InChI is InChI=1S/C14H18FN7O.CH2O2/c1-9-7-11(19-13(16)18-9)21-3-5-22(6-4-21)14-17-8-10(15)12(20-14)23-2;2-1-3/h7-8H,3-6H2,1-2H3,(H2,16,18,19);1H,(H,2,3). The summed E-state index contributed by atoms with van der Waals surface area (Å²) in [5.41, 5.74) is 6.54. The van der Waals surface area contributed by atoms with Gasteiger partial charge in [-0.1, -0.05) is 0 Å². The average molecular weight is 365 g/mol. The summed E-state index contributed by atoms with van der Waals surface area (Å²) >= 11 is 0. The Labute approximate surface area is 149 Å². The number of nitrogens with zero attached hydrogens (tertiary/aromatic N) is 6. The van der Waals surface area contributed by atoms with E-state index in [1.807, 2.05) is 17.9 Å². The third-order valence-corrected chi connectivity index (χ3v) is 3.64. The summed E-state index contributed by atoms with van der Waals surface area (Å²) < 4.78 is 18.3. The molecule has 3 rings (SSSR count). The number of halogens is 1. The highest BCUT2D eigenvalue weighted by Crippen LogP contribution is 2.20. The molecule has 0 bridgehead atoms. The Hall–Kier alpha value is -3.24. The highest BCUT2D eigenvalue weighted by molar-refractivity contribution is 5.46. The van der Waals surface area contributed by atoms with Crippen LogP contribution in [0.5, 0.6) is 5.88 Å². The zero-order chi connectivity index (χ0) is 19.1. The van der Waals surface area contributed by atoms with Crippen molar-refractivity contribution in [1.82, 2.24) is 19.9 Å². The van der Waals surface area contributed by atoms with E-state index in [1.165, 1.54) is 7.11 Å². The van der Waals surface area contributed by atoms with Crippen LogP contribution in [0.3, 0.4) is 0 Å². The molecule has 10 nitrogen and oxygen atoms in total. The lowest BCUT2D eigenvalue weighted by atomic mass is 10.3. The molecule has 1 aliphatic rings. The quantitative estimate of drug-likeness (QED) is 0.734. The van der Waals surface area contributed by atoms with Crippen LogP contribution in [-0.4, -0.2) is 64.8 Å². The van der Waals surface area contributed by atoms with Crippen LogP contribution in [0.4, 0.5) is 22.1 Å². The van der Waals surface area contributed by atoms with Crippen LogP contribution in [-0.2, 0) is 4.79 Å². The molecule has 1 saturated heterocycles. The molecule has 0 amide bonds. The minimum absolute atomic E-state index is 0.0448. The van der Waals surface area contributed by atoms with Crippen molar-refractivity contribution in [2.24, 2.45) is 0 Å². The summed E-state index contributed by atoms with van der Waals surface area (Å²) in [4.78, 5) is 28.9. The van der Waals surface area contributed by atoms with Gasteiger partial charge in [-0.15, -0.1) is 0 Å². The van der Waals surface area contributed by atoms with Crippen LogP contribution in [0.1, 0.15) is 5.69 Å². The first kappa shape index (κ1) is 19.1. The van der Waals surface area contributed by atoms with Gasteiger partial charge in [0.25, 0.3) is 12.4 Å². The van der Waals surface area contributed by atoms with Crippen LogP contribution in [0.2, 0.25) is 0 Å². The Morgan fingerprint density at radius 3 is 2.42 bits per heavy atom. The Morgan fingerprint density at radius 1 is 1.23 bits per heavy atom. The van der Waals surface area contributed by atoms with Gasteiger partial charge in [0.15, 0.2) is 0 Å². The molecule has 0 radical (unpaired) electrons. The minimum atomic E-state index is -0.568. The van der Waals surface area contributed by atoms with Crippen molar-refractivity contribution in [3.8, 4) is 5.88 Å². The lowest BCUT2D eigenvalue weighted by Crippen LogP contribution is -2.47. The van der Waals surface area contributed by atoms with Crippen molar-refractivity contribution in [2.75, 3.05) is 48.8 Å². The summed E-state index contributed by atoms with van der Waals surface area (Å²) in [7, 11) is 1.38. The number of carboxylic acid groups (broad SMARTS) is 1. The molecule has 0 aliphatic carbocycles. The molecule has 2 aromatic heterocycles. The summed E-state index contributed by atoms with van der Waals surface area (Å²) in [6, 6.07) is 1.91. The number of ether oxygens (including phenoxy) is 1. The van der Waals surface area contributed by atoms with Gasteiger partial charge in [-0.25, -0.2) is 9.97 Å². The van der Waals surface area contributed by atoms with Gasteiger partial charge in [0.05, 0.1) is 13.3 Å². The predicted octanol–water partition coefficient (Wildman–Crippen LogP) is 0.332. The molecule has 11 heteroatoms. The normalized spacial score (nSPS) is 13.7. The van der Waals surface area contributed by atoms with Crippen LogP contribution < -0.4 is 20.3 Å². The van der Waals surface area contributed by atoms with Crippen molar-refractivity contribution in [2.45, 2.75) is 6.92 Å². The van der Waals surface area contributed by atoms with Crippen LogP contribution in [0, 0.1) is 12.7 Å². The van der Waals surface area contributed by atoms with Gasteiger partial charge in [0, 0.05) is 37.9 Å². The first-order chi connectivity index (χ1) is 12.5. The molecule has 3 heterocycles. The lowest BCUT2D eigenvalue weighted by molar-refractivity contribution is -0.122. The number of nitrogens with two attached hydrogens (primary N) is 1. The number of rotatable bonds is 3. The van der Waals surface area contributed by atoms with Gasteiger partial charge in [-0.2, -0.15) is 14.4 Å². The topological polar surface area (TPSA) is 131 Å². The first-order valence-corrected chi connectivity index (χ1v) is 7.74. The number of nitrogen functional groups attached to an aromatic ring is 1. The zero-order valence-corrected chi connectivity index (χ0v) is 14.5. The summed E-state index contributed by atoms with van der Waals surface area (Å²) in [5, 5.41) is 6.89. The fraction of sp³-hybridized carbons (Fsp3) is 0.400. The molecule has 0 atom stereocenters. The molecule has 140 valence electrons. The number of hydrogen-bond acceptors (Lipinski definition) is 9. The first-order valence-electron chi connectivity index (χ1n) is 7.74. The molecule has 0 unspecified atom stereocenters. The van der Waals surface area contributed by atoms with Crippen LogP contribution in [0.25, 0.3) is 0 Å². The predicted molar refractivity (Wildman–Crippen MR) is 92.8 cm³/mol. The minimum Gasteiger partial charge on any atom is -0.483 e. The van der Waals surface area contributed by atoms with Crippen molar-refractivity contribution < 1.29 is 19.0 Å². The molecule has 1 fully saturated rings. The Balaban J connectivity index is 0.000000758. The molecule has 0 saturated carbocycles. The number of methoxy groups -OCH3 is 1. The number of hydrogen-bond donors (Lipinski definition) is 2. The summed E-state index contributed by atoms with van der Waals surface area (Å²) in [5.74, 6) is 0.932. The van der Waals surface area contributed by atoms with Crippen LogP contribution >= 0.6 is 0 Å². The maximum atomic E-state index is 13.4. The Bertz CT molecular complexity index is 734. The van der Waals surface area contributed by atoms with Crippen LogP contribution in [0.15, 0.2) is 12.3 Å². The third-order valence-electron chi connectivity index (χ3n) is 3.64. The molecule has 3 N–H and O–H groups in total. The SMILES string of the molecule is COc1nc(N2CCN(c3cc(C)nc(N)n3)CC2)ncc1F.O=CO. The van der Waals surface area contributed by atoms with E-state index in [-0.39, 0.29) is 18.3 Å². The lowest BCUT2D eigenvalue weighted by Gasteiger charge is -2.35. The summed E-state index contributed by atoms with van der Waals surface area (Å²) in [6.45, 7) is 4.49. The number of piperazine rings is 1. The van der Waals surface area contributed by atoms with E-state index in [0.717, 1.165) is 30.8 Å². The highest BCUT2D eigenvalue weighted by atomic mass is 19.1. The second-order valence-corrected chi connectivity index (χ2v) is 5.33. The number of aryl methyl sites for hydroxylation is 1. The van der Waals surface area contributed by atoms with Crippen molar-refractivity contribution in [3.05, 3.63) is 23.8 Å². The van der Waals surface area contributed by atoms with Gasteiger partial charge >= 0.3 is 0 Å². The zero-order valence-electron chi connectivity index (χ0n) is 14.5. The number of aromatic nitrogens is 4. The Kier molecular flexibility index (Phi) is 6.42. The van der Waals surface area contributed by atoms with Gasteiger partial charge in [-0.3, -0.25) is 4.79 Å². The van der Waals surface area contributed by atoms with E-state index in [2.05, 4.69) is 24.8 Å². The van der Waals surface area contributed by atoms with Gasteiger partial charge in [0.2, 0.25) is 17.7 Å². The second kappa shape index (κ2) is 8.74. The van der Waals surface area contributed by atoms with Crippen molar-refractivity contribution in [3.63, 3.8) is 0 Å². The largest absolute Gasteiger partial charge is 0.483 e. The number of anilines is 3. The van der Waals surface area contributed by atoms with E-state index in [0.29, 0.717) is 19.0 Å². The van der Waals surface area contributed by atoms with Gasteiger partial charge in [0.1, 0.15) is 5.82 Å². The second-order valence-electron chi connectivity index (χ2n) is 5.33. The van der Waals surface area contributed by atoms with Gasteiger partial charge in [-0.05, 0) is 6.92 Å². The molecule has 26 heavy (non-hydrogen) atoms. The smallest absolute Gasteiger partial charge is 0.290 e. The summed E-state index contributed by atoms with van der Waals surface area (Å²) in [6.07, 6.45) is 1.13. The number of carbonyl (C=O) groups is 1. The molecular weight excluding hydrogens is 345 g/mol. The van der Waals surface area contributed by atoms with E-state index in [4.69, 9.17) is 20.4 Å². The van der Waals surface area contributed by atoms with Gasteiger partial charge < -0.3 is 25.4 Å². The van der Waals surface area contributed by atoms with E-state index >= 15 is 0 Å². The average Bonchev–Trinajstić information content (AvgIpc) is 2.62. The van der Waals surface area contributed by atoms with E-state index < -0.39 is 5.82 Å². The van der Waals surface area contributed by atoms with E-state index in [9.17, 15) is 4.39 Å². The highest BCUT2D eigenvalue weighted by Gasteiger charge is 2.21. The monoisotopic (exact) mass is 365 g/mol. The maximum absolute atomic E-state index is 13.4. The van der Waals surface area contributed by atoms with Crippen molar-refractivity contribution >= 4 is 24.2 Å². The fourth-order valence-electron chi connectivity index (χ4n) is 2.51. The molecule has 0 aromatic carbocycles. The molecule has 1 aliphatic heterocycles.